The second-order valence-electron chi connectivity index (χ2n) is 13.1. The van der Waals surface area contributed by atoms with Crippen LogP contribution in [0, 0.1) is 6.92 Å². The van der Waals surface area contributed by atoms with E-state index in [1.54, 1.807) is 48.5 Å². The quantitative estimate of drug-likeness (QED) is 0.143. The van der Waals surface area contributed by atoms with Crippen molar-refractivity contribution >= 4 is 11.9 Å². The lowest BCUT2D eigenvalue weighted by atomic mass is 9.84. The minimum atomic E-state index is -0.518. The molecule has 5 nitrogen and oxygen atoms in total. The summed E-state index contributed by atoms with van der Waals surface area (Å²) in [5.41, 5.74) is 6.96. The van der Waals surface area contributed by atoms with E-state index in [4.69, 9.17) is 14.2 Å². The zero-order chi connectivity index (χ0) is 31.6. The van der Waals surface area contributed by atoms with E-state index in [9.17, 15) is 9.59 Å². The summed E-state index contributed by atoms with van der Waals surface area (Å²) < 4.78 is 17.2. The third-order valence-corrected chi connectivity index (χ3v) is 8.92. The minimum Gasteiger partial charge on any atom is -0.457 e. The molecule has 1 aliphatic carbocycles. The highest BCUT2D eigenvalue weighted by atomic mass is 16.6. The van der Waals surface area contributed by atoms with Crippen LogP contribution in [0.5, 0.6) is 17.2 Å². The van der Waals surface area contributed by atoms with Crippen LogP contribution in [0.1, 0.15) is 109 Å². The van der Waals surface area contributed by atoms with Crippen molar-refractivity contribution in [2.45, 2.75) is 84.7 Å². The normalized spacial score (nSPS) is 14.4. The van der Waals surface area contributed by atoms with Crippen molar-refractivity contribution in [2.75, 3.05) is 0 Å². The Bertz CT molecular complexity index is 1660. The van der Waals surface area contributed by atoms with Crippen molar-refractivity contribution in [3.8, 4) is 17.2 Å². The first-order valence-electron chi connectivity index (χ1n) is 15.4. The van der Waals surface area contributed by atoms with Gasteiger partial charge in [-0.2, -0.15) is 0 Å². The number of benzene rings is 4. The maximum Gasteiger partial charge on any atom is 0.343 e. The Balaban J connectivity index is 1.19. The summed E-state index contributed by atoms with van der Waals surface area (Å²) in [5, 5.41) is 0. The molecule has 0 N–H and O–H groups in total. The molecule has 228 valence electrons. The monoisotopic (exact) mass is 590 g/mol. The predicted molar refractivity (Wildman–Crippen MR) is 174 cm³/mol. The van der Waals surface area contributed by atoms with Crippen LogP contribution in [0.3, 0.4) is 0 Å². The van der Waals surface area contributed by atoms with Gasteiger partial charge in [0.2, 0.25) is 0 Å². The van der Waals surface area contributed by atoms with Crippen LogP contribution in [0.4, 0.5) is 0 Å². The highest BCUT2D eigenvalue weighted by Crippen LogP contribution is 2.40. The van der Waals surface area contributed by atoms with E-state index < -0.39 is 11.6 Å². The van der Waals surface area contributed by atoms with E-state index in [1.807, 2.05) is 39.8 Å². The maximum absolute atomic E-state index is 13.0. The fourth-order valence-electron chi connectivity index (χ4n) is 5.58. The molecule has 0 aliphatic heterocycles. The molecular weight excluding hydrogens is 548 g/mol. The van der Waals surface area contributed by atoms with Crippen molar-refractivity contribution in [1.29, 1.82) is 0 Å². The number of rotatable bonds is 9. The van der Waals surface area contributed by atoms with Crippen LogP contribution in [0.25, 0.3) is 0 Å². The van der Waals surface area contributed by atoms with Gasteiger partial charge < -0.3 is 14.2 Å². The van der Waals surface area contributed by atoms with E-state index in [0.29, 0.717) is 28.4 Å². The first-order chi connectivity index (χ1) is 20.8. The topological polar surface area (TPSA) is 61.8 Å². The van der Waals surface area contributed by atoms with Gasteiger partial charge in [0.15, 0.2) is 0 Å². The van der Waals surface area contributed by atoms with Gasteiger partial charge in [-0.25, -0.2) is 9.59 Å². The van der Waals surface area contributed by atoms with Crippen LogP contribution in [0.15, 0.2) is 84.9 Å². The standard InChI is InChI=1S/C39H42O5/c1-8-39(6,7)44-37(41)28-11-17-33(18-12-28)42-32-15-9-27(10-16-32)36(40)43-35-20-14-29(23-25(35)2)26(3)30-13-19-34-31(24-30)21-22-38(34,4)5/h9-20,23-24,26H,8,21-22H2,1-7H3. The van der Waals surface area contributed by atoms with Crippen LogP contribution in [-0.4, -0.2) is 17.5 Å². The molecule has 0 bridgehead atoms. The Morgan fingerprint density at radius 1 is 0.818 bits per heavy atom. The van der Waals surface area contributed by atoms with Crippen molar-refractivity contribution in [3.05, 3.63) is 124 Å². The zero-order valence-corrected chi connectivity index (χ0v) is 26.8. The molecule has 1 unspecified atom stereocenters. The molecule has 4 aromatic carbocycles. The van der Waals surface area contributed by atoms with E-state index in [1.165, 1.54) is 28.7 Å². The van der Waals surface area contributed by atoms with Crippen LogP contribution in [0.2, 0.25) is 0 Å². The van der Waals surface area contributed by atoms with Crippen molar-refractivity contribution in [1.82, 2.24) is 0 Å². The van der Waals surface area contributed by atoms with Gasteiger partial charge in [0.1, 0.15) is 22.8 Å². The Morgan fingerprint density at radius 2 is 1.39 bits per heavy atom. The van der Waals surface area contributed by atoms with Gasteiger partial charge in [-0.3, -0.25) is 0 Å². The molecule has 0 saturated carbocycles. The summed E-state index contributed by atoms with van der Waals surface area (Å²) in [6, 6.07) is 26.5. The highest BCUT2D eigenvalue weighted by Gasteiger charge is 2.30. The molecule has 5 rings (SSSR count). The third-order valence-electron chi connectivity index (χ3n) is 8.92. The highest BCUT2D eigenvalue weighted by molar-refractivity contribution is 5.91. The van der Waals surface area contributed by atoms with E-state index in [0.717, 1.165) is 18.4 Å². The molecular formula is C39H42O5. The fraction of sp³-hybridized carbons (Fsp3) is 0.333. The number of carbonyl (C=O) groups is 2. The van der Waals surface area contributed by atoms with Gasteiger partial charge in [-0.1, -0.05) is 58.0 Å². The maximum atomic E-state index is 13.0. The van der Waals surface area contributed by atoms with E-state index in [-0.39, 0.29) is 17.3 Å². The zero-order valence-electron chi connectivity index (χ0n) is 26.8. The molecule has 0 saturated heterocycles. The Hall–Kier alpha value is -4.38. The average molecular weight is 591 g/mol. The molecule has 4 aromatic rings. The lowest BCUT2D eigenvalue weighted by Crippen LogP contribution is -2.26. The molecule has 0 heterocycles. The summed E-state index contributed by atoms with van der Waals surface area (Å²) in [7, 11) is 0. The number of carbonyl (C=O) groups excluding carboxylic acids is 2. The number of fused-ring (bicyclic) bond motifs is 1. The molecule has 0 fully saturated rings. The average Bonchev–Trinajstić information content (AvgIpc) is 3.31. The van der Waals surface area contributed by atoms with Crippen LogP contribution < -0.4 is 9.47 Å². The summed E-state index contributed by atoms with van der Waals surface area (Å²) >= 11 is 0. The molecule has 0 spiro atoms. The van der Waals surface area contributed by atoms with Gasteiger partial charge in [0.25, 0.3) is 0 Å². The molecule has 0 radical (unpaired) electrons. The summed E-state index contributed by atoms with van der Waals surface area (Å²) in [4.78, 5) is 25.3. The van der Waals surface area contributed by atoms with Gasteiger partial charge in [-0.05, 0) is 128 Å². The third kappa shape index (κ3) is 6.88. The largest absolute Gasteiger partial charge is 0.457 e. The second kappa shape index (κ2) is 12.3. The smallest absolute Gasteiger partial charge is 0.343 e. The number of esters is 2. The predicted octanol–water partition coefficient (Wildman–Crippen LogP) is 9.73. The lowest BCUT2D eigenvalue weighted by molar-refractivity contribution is -0.00245. The van der Waals surface area contributed by atoms with E-state index >= 15 is 0 Å². The molecule has 1 atom stereocenters. The molecule has 0 amide bonds. The molecule has 5 heteroatoms. The van der Waals surface area contributed by atoms with Gasteiger partial charge in [0.05, 0.1) is 11.1 Å². The Labute approximate surface area is 261 Å². The number of aryl methyl sites for hydroxylation is 2. The number of hydrogen-bond donors (Lipinski definition) is 0. The summed E-state index contributed by atoms with van der Waals surface area (Å²) in [6.45, 7) is 14.6. The van der Waals surface area contributed by atoms with Crippen molar-refractivity contribution in [3.63, 3.8) is 0 Å². The number of ether oxygens (including phenoxy) is 3. The minimum absolute atomic E-state index is 0.234. The summed E-state index contributed by atoms with van der Waals surface area (Å²) in [5.74, 6) is 1.11. The second-order valence-corrected chi connectivity index (χ2v) is 13.1. The number of hydrogen-bond acceptors (Lipinski definition) is 5. The fourth-order valence-corrected chi connectivity index (χ4v) is 5.58. The van der Waals surface area contributed by atoms with Crippen molar-refractivity contribution < 1.29 is 23.8 Å². The SMILES string of the molecule is CCC(C)(C)OC(=O)c1ccc(Oc2ccc(C(=O)Oc3ccc(C(C)c4ccc5c(c4)CCC5(C)C)cc3C)cc2)cc1. The van der Waals surface area contributed by atoms with Crippen LogP contribution in [-0.2, 0) is 16.6 Å². The van der Waals surface area contributed by atoms with Gasteiger partial charge in [-0.15, -0.1) is 0 Å². The Morgan fingerprint density at radius 3 is 1.98 bits per heavy atom. The Kier molecular flexibility index (Phi) is 8.69. The van der Waals surface area contributed by atoms with Crippen LogP contribution >= 0.6 is 0 Å². The summed E-state index contributed by atoms with van der Waals surface area (Å²) in [6.07, 6.45) is 3.05. The molecule has 44 heavy (non-hydrogen) atoms. The van der Waals surface area contributed by atoms with Gasteiger partial charge in [0, 0.05) is 5.92 Å². The first kappa shape index (κ1) is 31.1. The molecule has 0 aromatic heterocycles. The van der Waals surface area contributed by atoms with Crippen molar-refractivity contribution in [2.24, 2.45) is 0 Å². The van der Waals surface area contributed by atoms with E-state index in [2.05, 4.69) is 45.0 Å². The van der Waals surface area contributed by atoms with Gasteiger partial charge >= 0.3 is 11.9 Å². The first-order valence-corrected chi connectivity index (χ1v) is 15.4. The molecule has 1 aliphatic rings. The lowest BCUT2D eigenvalue weighted by Gasteiger charge is -2.23.